The number of piperidine rings is 1. The van der Waals surface area contributed by atoms with Gasteiger partial charge in [0, 0.05) is 67.5 Å². The standard InChI is InChI=1S/C32H38F3N9O2/c33-32(34,35)28-14-22(17-43-11-3-5-25(43)20-45)15-29(41-28)46-26-7-12-42(13-8-26)24(4-1-2-9-36)19-44-18-23(16-40-44)30-27-6-10-37-31(27)39-21-38-30/h6,10,14-16,18,21,24-26,45H,1-5,7-8,11-13,17,19-20H2,(H,37,38,39)/t24-,25-/m0/s1. The van der Waals surface area contributed by atoms with Crippen molar-refractivity contribution in [2.24, 2.45) is 0 Å². The van der Waals surface area contributed by atoms with Crippen LogP contribution in [-0.4, -0.2) is 89.1 Å². The number of unbranched alkanes of at least 4 members (excludes halogenated alkanes) is 1. The van der Waals surface area contributed by atoms with Gasteiger partial charge < -0.3 is 14.8 Å². The molecule has 4 aromatic rings. The third-order valence-electron chi connectivity index (χ3n) is 9.01. The minimum Gasteiger partial charge on any atom is -0.474 e. The average molecular weight is 638 g/mol. The maximum atomic E-state index is 13.8. The normalized spacial score (nSPS) is 19.1. The predicted octanol–water partition coefficient (Wildman–Crippen LogP) is 4.80. The van der Waals surface area contributed by atoms with E-state index < -0.39 is 11.9 Å². The average Bonchev–Trinajstić information content (AvgIpc) is 3.82. The van der Waals surface area contributed by atoms with Gasteiger partial charge in [0.05, 0.1) is 31.1 Å². The Hall–Kier alpha value is -4.06. The van der Waals surface area contributed by atoms with Crippen LogP contribution in [0, 0.1) is 11.3 Å². The minimum atomic E-state index is -4.59. The van der Waals surface area contributed by atoms with Crippen LogP contribution in [-0.2, 0) is 19.3 Å². The van der Waals surface area contributed by atoms with Crippen molar-refractivity contribution in [2.75, 3.05) is 26.2 Å². The van der Waals surface area contributed by atoms with Gasteiger partial charge in [-0.1, -0.05) is 0 Å². The fourth-order valence-corrected chi connectivity index (χ4v) is 6.64. The lowest BCUT2D eigenvalue weighted by atomic mass is 10.0. The number of hydrogen-bond donors (Lipinski definition) is 2. The van der Waals surface area contributed by atoms with Crippen molar-refractivity contribution in [1.29, 1.82) is 5.26 Å². The maximum absolute atomic E-state index is 13.8. The summed E-state index contributed by atoms with van der Waals surface area (Å²) < 4.78 is 49.3. The molecule has 2 N–H and O–H groups in total. The molecule has 0 bridgehead atoms. The number of aromatic nitrogens is 6. The van der Waals surface area contributed by atoms with E-state index in [2.05, 4.69) is 36.0 Å². The van der Waals surface area contributed by atoms with Crippen LogP contribution in [0.2, 0.25) is 0 Å². The Bertz CT molecular complexity index is 1640. The molecule has 0 aliphatic carbocycles. The molecule has 0 aromatic carbocycles. The second-order valence-corrected chi connectivity index (χ2v) is 12.1. The first-order chi connectivity index (χ1) is 22.3. The number of nitrogens with zero attached hydrogens (tertiary/aromatic N) is 8. The number of H-pyrrole nitrogens is 1. The molecule has 2 fully saturated rings. The second kappa shape index (κ2) is 14.1. The van der Waals surface area contributed by atoms with Crippen LogP contribution in [0.15, 0.2) is 43.1 Å². The van der Waals surface area contributed by atoms with Crippen LogP contribution >= 0.6 is 0 Å². The lowest BCUT2D eigenvalue weighted by Crippen LogP contribution is -2.46. The summed E-state index contributed by atoms with van der Waals surface area (Å²) in [6, 6.07) is 6.93. The lowest BCUT2D eigenvalue weighted by molar-refractivity contribution is -0.141. The third-order valence-corrected chi connectivity index (χ3v) is 9.01. The third kappa shape index (κ3) is 7.49. The number of ether oxygens (including phenoxy) is 1. The fourth-order valence-electron chi connectivity index (χ4n) is 6.64. The second-order valence-electron chi connectivity index (χ2n) is 12.1. The highest BCUT2D eigenvalue weighted by Gasteiger charge is 2.35. The summed E-state index contributed by atoms with van der Waals surface area (Å²) in [5.74, 6) is -0.0149. The summed E-state index contributed by atoms with van der Waals surface area (Å²) in [5.41, 5.74) is 1.96. The van der Waals surface area contributed by atoms with Crippen LogP contribution in [0.3, 0.4) is 0 Å². The Morgan fingerprint density at radius 3 is 2.78 bits per heavy atom. The first-order valence-corrected chi connectivity index (χ1v) is 15.8. The Kier molecular flexibility index (Phi) is 9.81. The van der Waals surface area contributed by atoms with E-state index in [0.29, 0.717) is 51.0 Å². The van der Waals surface area contributed by atoms with Crippen molar-refractivity contribution in [1.82, 2.24) is 39.5 Å². The number of nitrogens with one attached hydrogen (secondary N) is 1. The number of nitriles is 1. The molecule has 11 nitrogen and oxygen atoms in total. The summed E-state index contributed by atoms with van der Waals surface area (Å²) in [7, 11) is 0. The quantitative estimate of drug-likeness (QED) is 0.210. The summed E-state index contributed by atoms with van der Waals surface area (Å²) >= 11 is 0. The predicted molar refractivity (Wildman–Crippen MR) is 163 cm³/mol. The number of hydrogen-bond acceptors (Lipinski definition) is 9. The fraction of sp³-hybridized carbons (Fsp3) is 0.531. The van der Waals surface area contributed by atoms with E-state index in [1.807, 2.05) is 28.0 Å². The van der Waals surface area contributed by atoms with E-state index in [4.69, 9.17) is 10.00 Å². The van der Waals surface area contributed by atoms with Gasteiger partial charge in [-0.25, -0.2) is 15.0 Å². The number of pyridine rings is 1. The molecule has 6 rings (SSSR count). The Balaban J connectivity index is 1.11. The first kappa shape index (κ1) is 31.9. The first-order valence-electron chi connectivity index (χ1n) is 15.8. The zero-order valence-electron chi connectivity index (χ0n) is 25.5. The SMILES string of the molecule is N#CCCC[C@@H](Cn1cc(-c2ncnc3[nH]ccc23)cn1)N1CCC(Oc2cc(CN3CCC[C@H]3CO)cc(C(F)(F)F)n2)CC1. The van der Waals surface area contributed by atoms with Crippen molar-refractivity contribution in [3.63, 3.8) is 0 Å². The monoisotopic (exact) mass is 637 g/mol. The Labute approximate surface area is 265 Å². The molecular formula is C32H38F3N9O2. The number of aromatic amines is 1. The Morgan fingerprint density at radius 1 is 1.15 bits per heavy atom. The molecule has 2 aliphatic rings. The number of rotatable bonds is 12. The highest BCUT2D eigenvalue weighted by Crippen LogP contribution is 2.32. The summed E-state index contributed by atoms with van der Waals surface area (Å²) in [4.78, 5) is 20.0. The summed E-state index contributed by atoms with van der Waals surface area (Å²) in [6.07, 6.45) is 7.30. The van der Waals surface area contributed by atoms with E-state index in [1.54, 1.807) is 12.3 Å². The molecule has 244 valence electrons. The minimum absolute atomic E-state index is 0.0149. The van der Waals surface area contributed by atoms with Crippen molar-refractivity contribution in [2.45, 2.75) is 82.4 Å². The number of fused-ring (bicyclic) bond motifs is 1. The molecule has 2 saturated heterocycles. The highest BCUT2D eigenvalue weighted by atomic mass is 19.4. The van der Waals surface area contributed by atoms with Crippen LogP contribution in [0.25, 0.3) is 22.3 Å². The largest absolute Gasteiger partial charge is 0.474 e. The highest BCUT2D eigenvalue weighted by molar-refractivity contribution is 5.89. The molecular weight excluding hydrogens is 599 g/mol. The van der Waals surface area contributed by atoms with Crippen molar-refractivity contribution < 1.29 is 23.0 Å². The zero-order valence-corrected chi connectivity index (χ0v) is 25.5. The molecule has 14 heteroatoms. The van der Waals surface area contributed by atoms with Gasteiger partial charge >= 0.3 is 6.18 Å². The summed E-state index contributed by atoms with van der Waals surface area (Å²) in [5, 5.41) is 24.3. The maximum Gasteiger partial charge on any atom is 0.433 e. The van der Waals surface area contributed by atoms with Crippen LogP contribution < -0.4 is 4.74 Å². The number of aliphatic hydroxyl groups is 1. The van der Waals surface area contributed by atoms with Gasteiger partial charge in [0.1, 0.15) is 23.8 Å². The molecule has 6 heterocycles. The zero-order chi connectivity index (χ0) is 32.1. The van der Waals surface area contributed by atoms with Crippen LogP contribution in [0.5, 0.6) is 5.88 Å². The molecule has 2 aliphatic heterocycles. The number of likely N-dealkylation sites (tertiary alicyclic amines) is 2. The van der Waals surface area contributed by atoms with Crippen LogP contribution in [0.1, 0.15) is 56.2 Å². The Morgan fingerprint density at radius 2 is 2.00 bits per heavy atom. The van der Waals surface area contributed by atoms with Gasteiger partial charge in [-0.15, -0.1) is 0 Å². The van der Waals surface area contributed by atoms with Gasteiger partial charge in [-0.3, -0.25) is 14.5 Å². The summed E-state index contributed by atoms with van der Waals surface area (Å²) in [6.45, 7) is 3.04. The van der Waals surface area contributed by atoms with Crippen molar-refractivity contribution in [3.8, 4) is 23.2 Å². The smallest absolute Gasteiger partial charge is 0.433 e. The number of aliphatic hydroxyl groups excluding tert-OH is 1. The van der Waals surface area contributed by atoms with E-state index in [0.717, 1.165) is 60.6 Å². The molecule has 4 aromatic heterocycles. The topological polar surface area (TPSA) is 132 Å². The van der Waals surface area contributed by atoms with Crippen molar-refractivity contribution >= 4 is 11.0 Å². The molecule has 0 amide bonds. The van der Waals surface area contributed by atoms with Gasteiger partial charge in [-0.05, 0) is 62.8 Å². The van der Waals surface area contributed by atoms with Gasteiger partial charge in [0.15, 0.2) is 0 Å². The van der Waals surface area contributed by atoms with Gasteiger partial charge in [-0.2, -0.15) is 23.5 Å². The molecule has 0 saturated carbocycles. The van der Waals surface area contributed by atoms with Crippen molar-refractivity contribution in [3.05, 3.63) is 54.4 Å². The van der Waals surface area contributed by atoms with Gasteiger partial charge in [0.2, 0.25) is 5.88 Å². The molecule has 0 spiro atoms. The van der Waals surface area contributed by atoms with E-state index in [1.165, 1.54) is 6.33 Å². The van der Waals surface area contributed by atoms with E-state index in [-0.39, 0.29) is 30.7 Å². The van der Waals surface area contributed by atoms with Crippen LogP contribution in [0.4, 0.5) is 13.2 Å². The number of alkyl halides is 3. The van der Waals surface area contributed by atoms with E-state index >= 15 is 0 Å². The molecule has 0 radical (unpaired) electrons. The van der Waals surface area contributed by atoms with E-state index in [9.17, 15) is 18.3 Å². The molecule has 2 atom stereocenters. The molecule has 0 unspecified atom stereocenters. The molecule has 46 heavy (non-hydrogen) atoms. The van der Waals surface area contributed by atoms with Gasteiger partial charge in [0.25, 0.3) is 0 Å². The number of halogens is 3. The lowest BCUT2D eigenvalue weighted by Gasteiger charge is -2.37.